The van der Waals surface area contributed by atoms with E-state index in [0.29, 0.717) is 5.56 Å². The number of rotatable bonds is 2. The van der Waals surface area contributed by atoms with E-state index in [4.69, 9.17) is 9.47 Å². The third-order valence-electron chi connectivity index (χ3n) is 2.37. The predicted octanol–water partition coefficient (Wildman–Crippen LogP) is 2.06. The lowest BCUT2D eigenvalue weighted by Gasteiger charge is -2.17. The number of ether oxygens (including phenoxy) is 2. The van der Waals surface area contributed by atoms with E-state index in [9.17, 15) is 9.59 Å². The van der Waals surface area contributed by atoms with Crippen LogP contribution in [-0.4, -0.2) is 17.9 Å². The van der Waals surface area contributed by atoms with Crippen molar-refractivity contribution in [3.8, 4) is 0 Å². The number of Topliss-reactive ketones (excluding diaryl/α,β-unsaturated/α-hetero) is 1. The quantitative estimate of drug-likeness (QED) is 0.732. The lowest BCUT2D eigenvalue weighted by atomic mass is 10.1. The van der Waals surface area contributed by atoms with Crippen molar-refractivity contribution >= 4 is 11.8 Å². The summed E-state index contributed by atoms with van der Waals surface area (Å²) in [5, 5.41) is 0. The van der Waals surface area contributed by atoms with E-state index < -0.39 is 5.97 Å². The molecule has 1 heterocycles. The predicted molar refractivity (Wildman–Crippen MR) is 60.1 cm³/mol. The average molecular weight is 232 g/mol. The van der Waals surface area contributed by atoms with Crippen molar-refractivity contribution in [2.24, 2.45) is 0 Å². The Balaban J connectivity index is 2.07. The number of allylic oxidation sites excluding steroid dienone is 1. The van der Waals surface area contributed by atoms with Crippen LogP contribution in [0.2, 0.25) is 0 Å². The molecular weight excluding hydrogens is 220 g/mol. The van der Waals surface area contributed by atoms with Crippen molar-refractivity contribution < 1.29 is 19.1 Å². The molecule has 17 heavy (non-hydrogen) atoms. The molecule has 0 bridgehead atoms. The minimum absolute atomic E-state index is 0.0306. The lowest BCUT2D eigenvalue weighted by Crippen LogP contribution is -2.22. The smallest absolute Gasteiger partial charge is 0.343 e. The number of carbonyl (C=O) groups is 2. The monoisotopic (exact) mass is 232 g/mol. The third-order valence-corrected chi connectivity index (χ3v) is 2.37. The summed E-state index contributed by atoms with van der Waals surface area (Å²) < 4.78 is 10.1. The first kappa shape index (κ1) is 11.4. The Morgan fingerprint density at radius 2 is 2.06 bits per heavy atom. The van der Waals surface area contributed by atoms with Crippen LogP contribution in [0.15, 0.2) is 42.4 Å². The molecule has 0 saturated heterocycles. The zero-order valence-corrected chi connectivity index (χ0v) is 9.38. The summed E-state index contributed by atoms with van der Waals surface area (Å²) in [5.74, 6) is -0.798. The fraction of sp³-hybridized carbons (Fsp3) is 0.231. The van der Waals surface area contributed by atoms with Crippen molar-refractivity contribution in [1.29, 1.82) is 0 Å². The van der Waals surface area contributed by atoms with Crippen LogP contribution in [0, 0.1) is 0 Å². The summed E-state index contributed by atoms with van der Waals surface area (Å²) in [6.45, 7) is 1.78. The molecule has 0 radical (unpaired) electrons. The molecule has 4 nitrogen and oxygen atoms in total. The molecule has 1 aromatic rings. The highest BCUT2D eigenvalue weighted by Gasteiger charge is 2.23. The summed E-state index contributed by atoms with van der Waals surface area (Å²) in [4.78, 5) is 23.2. The van der Waals surface area contributed by atoms with Crippen molar-refractivity contribution in [2.45, 2.75) is 19.4 Å². The van der Waals surface area contributed by atoms with Gasteiger partial charge in [0.25, 0.3) is 0 Å². The fourth-order valence-electron chi connectivity index (χ4n) is 1.47. The maximum Gasteiger partial charge on any atom is 0.343 e. The second-order valence-corrected chi connectivity index (χ2v) is 3.81. The maximum atomic E-state index is 11.7. The first-order chi connectivity index (χ1) is 8.16. The zero-order chi connectivity index (χ0) is 12.3. The zero-order valence-electron chi connectivity index (χ0n) is 9.38. The Morgan fingerprint density at radius 1 is 1.35 bits per heavy atom. The Morgan fingerprint density at radius 3 is 2.71 bits per heavy atom. The molecule has 1 aliphatic rings. The standard InChI is InChI=1S/C13H12O4/c1-9-7-11(14)12(8-16-9)17-13(15)10-5-3-2-4-6-10/h2-6,8-9H,7H2,1H3/t9-/m1/s1. The number of hydrogen-bond acceptors (Lipinski definition) is 4. The van der Waals surface area contributed by atoms with Crippen LogP contribution in [0.1, 0.15) is 23.7 Å². The van der Waals surface area contributed by atoms with E-state index in [-0.39, 0.29) is 24.1 Å². The van der Waals surface area contributed by atoms with E-state index in [2.05, 4.69) is 0 Å². The van der Waals surface area contributed by atoms with Crippen molar-refractivity contribution in [2.75, 3.05) is 0 Å². The minimum Gasteiger partial charge on any atom is -0.494 e. The van der Waals surface area contributed by atoms with Crippen LogP contribution in [0.3, 0.4) is 0 Å². The molecule has 1 atom stereocenters. The lowest BCUT2D eigenvalue weighted by molar-refractivity contribution is -0.122. The minimum atomic E-state index is -0.552. The van der Waals surface area contributed by atoms with Gasteiger partial charge in [0.05, 0.1) is 12.0 Å². The van der Waals surface area contributed by atoms with Gasteiger partial charge in [-0.15, -0.1) is 0 Å². The molecule has 0 N–H and O–H groups in total. The first-order valence-electron chi connectivity index (χ1n) is 5.33. The van der Waals surface area contributed by atoms with Crippen LogP contribution in [0.5, 0.6) is 0 Å². The van der Waals surface area contributed by atoms with Gasteiger partial charge in [-0.25, -0.2) is 4.79 Å². The molecule has 1 aromatic carbocycles. The molecule has 0 saturated carbocycles. The average Bonchev–Trinajstić information content (AvgIpc) is 2.34. The highest BCUT2D eigenvalue weighted by molar-refractivity contribution is 5.99. The Labute approximate surface area is 98.8 Å². The Kier molecular flexibility index (Phi) is 3.23. The second kappa shape index (κ2) is 4.82. The maximum absolute atomic E-state index is 11.7. The van der Waals surface area contributed by atoms with E-state index in [0.717, 1.165) is 0 Å². The van der Waals surface area contributed by atoms with Gasteiger partial charge in [-0.1, -0.05) is 18.2 Å². The highest BCUT2D eigenvalue weighted by atomic mass is 16.6. The third kappa shape index (κ3) is 2.72. The normalized spacial score (nSPS) is 19.2. The number of ketones is 1. The van der Waals surface area contributed by atoms with Crippen LogP contribution in [0.25, 0.3) is 0 Å². The van der Waals surface area contributed by atoms with Gasteiger partial charge in [-0.05, 0) is 19.1 Å². The van der Waals surface area contributed by atoms with E-state index in [1.807, 2.05) is 0 Å². The summed E-state index contributed by atoms with van der Waals surface area (Å²) in [7, 11) is 0. The highest BCUT2D eigenvalue weighted by Crippen LogP contribution is 2.16. The van der Waals surface area contributed by atoms with Crippen molar-refractivity contribution in [3.05, 3.63) is 47.9 Å². The Hall–Kier alpha value is -2.10. The first-order valence-corrected chi connectivity index (χ1v) is 5.33. The molecule has 0 unspecified atom stereocenters. The topological polar surface area (TPSA) is 52.6 Å². The largest absolute Gasteiger partial charge is 0.494 e. The molecular formula is C13H12O4. The van der Waals surface area contributed by atoms with Crippen LogP contribution in [0.4, 0.5) is 0 Å². The summed E-state index contributed by atoms with van der Waals surface area (Å²) >= 11 is 0. The fourth-order valence-corrected chi connectivity index (χ4v) is 1.47. The van der Waals surface area contributed by atoms with Gasteiger partial charge in [-0.3, -0.25) is 4.79 Å². The van der Waals surface area contributed by atoms with Crippen LogP contribution >= 0.6 is 0 Å². The van der Waals surface area contributed by atoms with Crippen molar-refractivity contribution in [1.82, 2.24) is 0 Å². The molecule has 0 spiro atoms. The second-order valence-electron chi connectivity index (χ2n) is 3.81. The molecule has 4 heteroatoms. The van der Waals surface area contributed by atoms with Crippen molar-refractivity contribution in [3.63, 3.8) is 0 Å². The van der Waals surface area contributed by atoms with Crippen LogP contribution in [-0.2, 0) is 14.3 Å². The molecule has 2 rings (SSSR count). The summed E-state index contributed by atoms with van der Waals surface area (Å²) in [6.07, 6.45) is 1.27. The van der Waals surface area contributed by atoms with Gasteiger partial charge in [0.15, 0.2) is 0 Å². The van der Waals surface area contributed by atoms with E-state index >= 15 is 0 Å². The number of carbonyl (C=O) groups excluding carboxylic acids is 2. The van der Waals surface area contributed by atoms with Crippen LogP contribution < -0.4 is 0 Å². The number of hydrogen-bond donors (Lipinski definition) is 0. The molecule has 0 aliphatic carbocycles. The SMILES string of the molecule is C[C@@H]1CC(=O)C(OC(=O)c2ccccc2)=CO1. The van der Waals surface area contributed by atoms with Gasteiger partial charge in [0, 0.05) is 0 Å². The van der Waals surface area contributed by atoms with E-state index in [1.54, 1.807) is 37.3 Å². The van der Waals surface area contributed by atoms with Gasteiger partial charge in [0.1, 0.15) is 12.4 Å². The summed E-state index contributed by atoms with van der Waals surface area (Å²) in [6, 6.07) is 8.50. The molecule has 0 fully saturated rings. The molecule has 1 aliphatic heterocycles. The summed E-state index contributed by atoms with van der Waals surface area (Å²) in [5.41, 5.74) is 0.403. The molecule has 0 amide bonds. The van der Waals surface area contributed by atoms with Gasteiger partial charge >= 0.3 is 5.97 Å². The van der Waals surface area contributed by atoms with Gasteiger partial charge in [-0.2, -0.15) is 0 Å². The number of esters is 1. The van der Waals surface area contributed by atoms with E-state index in [1.165, 1.54) is 6.26 Å². The van der Waals surface area contributed by atoms with Gasteiger partial charge in [0.2, 0.25) is 11.5 Å². The molecule has 88 valence electrons. The number of benzene rings is 1. The Bertz CT molecular complexity index is 462. The molecule has 0 aromatic heterocycles. The van der Waals surface area contributed by atoms with Gasteiger partial charge < -0.3 is 9.47 Å².